The van der Waals surface area contributed by atoms with Gasteiger partial charge in [-0.05, 0) is 13.8 Å². The van der Waals surface area contributed by atoms with E-state index < -0.39 is 0 Å². The molecular formula is C8H14N4OS. The van der Waals surface area contributed by atoms with Gasteiger partial charge in [-0.25, -0.2) is 0 Å². The Morgan fingerprint density at radius 3 is 2.71 bits per heavy atom. The number of thiol groups is 1. The number of aryl methyl sites for hydroxylation is 1. The summed E-state index contributed by atoms with van der Waals surface area (Å²) in [7, 11) is 1.86. The molecule has 5 nitrogen and oxygen atoms in total. The first kappa shape index (κ1) is 11.0. The van der Waals surface area contributed by atoms with Crippen LogP contribution >= 0.6 is 12.6 Å². The largest absolute Gasteiger partial charge is 0.348 e. The molecule has 6 heteroatoms. The fourth-order valence-electron chi connectivity index (χ4n) is 0.919. The van der Waals surface area contributed by atoms with E-state index in [9.17, 15) is 4.79 Å². The number of nitrogens with zero attached hydrogens (tertiary/aromatic N) is 3. The summed E-state index contributed by atoms with van der Waals surface area (Å²) in [5.41, 5.74) is 0. The van der Waals surface area contributed by atoms with Crippen molar-refractivity contribution in [3.63, 3.8) is 0 Å². The molecule has 1 aromatic heterocycles. The summed E-state index contributed by atoms with van der Waals surface area (Å²) in [6.07, 6.45) is 0. The number of hydrogen-bond acceptors (Lipinski definition) is 4. The molecule has 1 atom stereocenters. The van der Waals surface area contributed by atoms with Gasteiger partial charge < -0.3 is 9.88 Å². The number of hydrogen-bond donors (Lipinski definition) is 2. The third-order valence-electron chi connectivity index (χ3n) is 1.98. The maximum Gasteiger partial charge on any atom is 0.232 e. The third-order valence-corrected chi connectivity index (χ3v) is 2.22. The Labute approximate surface area is 88.3 Å². The minimum Gasteiger partial charge on any atom is -0.348 e. The van der Waals surface area contributed by atoms with E-state index in [0.29, 0.717) is 6.54 Å². The Balaban J connectivity index is 2.54. The lowest BCUT2D eigenvalue weighted by Crippen LogP contribution is -2.30. The molecule has 0 bridgehead atoms. The van der Waals surface area contributed by atoms with Crippen LogP contribution in [0.2, 0.25) is 0 Å². The van der Waals surface area contributed by atoms with Crippen LogP contribution in [0, 0.1) is 6.92 Å². The first-order valence-electron chi connectivity index (χ1n) is 4.33. The smallest absolute Gasteiger partial charge is 0.232 e. The van der Waals surface area contributed by atoms with Crippen molar-refractivity contribution < 1.29 is 4.79 Å². The van der Waals surface area contributed by atoms with Gasteiger partial charge in [-0.1, -0.05) is 0 Å². The Morgan fingerprint density at radius 1 is 1.64 bits per heavy atom. The lowest BCUT2D eigenvalue weighted by Gasteiger charge is -2.06. The molecule has 0 aliphatic carbocycles. The molecule has 0 saturated carbocycles. The van der Waals surface area contributed by atoms with Crippen LogP contribution in [0.25, 0.3) is 0 Å². The van der Waals surface area contributed by atoms with E-state index in [1.807, 2.05) is 18.5 Å². The van der Waals surface area contributed by atoms with Crippen molar-refractivity contribution in [1.29, 1.82) is 0 Å². The van der Waals surface area contributed by atoms with Crippen LogP contribution in [0.1, 0.15) is 18.6 Å². The van der Waals surface area contributed by atoms with Gasteiger partial charge in [0.05, 0.1) is 11.8 Å². The van der Waals surface area contributed by atoms with E-state index in [4.69, 9.17) is 0 Å². The van der Waals surface area contributed by atoms with E-state index >= 15 is 0 Å². The van der Waals surface area contributed by atoms with E-state index in [1.165, 1.54) is 0 Å². The molecule has 0 spiro atoms. The van der Waals surface area contributed by atoms with Crippen molar-refractivity contribution >= 4 is 18.5 Å². The van der Waals surface area contributed by atoms with Crippen LogP contribution in [0.15, 0.2) is 0 Å². The van der Waals surface area contributed by atoms with Gasteiger partial charge in [-0.2, -0.15) is 12.6 Å². The molecule has 0 aliphatic rings. The first-order valence-corrected chi connectivity index (χ1v) is 4.84. The molecule has 1 heterocycles. The first-order chi connectivity index (χ1) is 6.52. The Morgan fingerprint density at radius 2 is 2.29 bits per heavy atom. The van der Waals surface area contributed by atoms with Crippen LogP contribution in [-0.2, 0) is 18.4 Å². The summed E-state index contributed by atoms with van der Waals surface area (Å²) in [5, 5.41) is 10.2. The maximum atomic E-state index is 11.2. The summed E-state index contributed by atoms with van der Waals surface area (Å²) >= 11 is 4.02. The number of aromatic nitrogens is 3. The molecule has 0 radical (unpaired) electrons. The highest BCUT2D eigenvalue weighted by Crippen LogP contribution is 1.98. The predicted octanol–water partition coefficient (Wildman–Crippen LogP) is 0.0580. The molecule has 78 valence electrons. The van der Waals surface area contributed by atoms with Gasteiger partial charge in [0.25, 0.3) is 0 Å². The van der Waals surface area contributed by atoms with Gasteiger partial charge in [0.15, 0.2) is 5.82 Å². The van der Waals surface area contributed by atoms with E-state index in [2.05, 4.69) is 28.1 Å². The van der Waals surface area contributed by atoms with Gasteiger partial charge >= 0.3 is 0 Å². The standard InChI is InChI=1S/C8H14N4OS/c1-5(14)8(13)9-4-7-11-10-6(2)12(7)3/h5,14H,4H2,1-3H3,(H,9,13). The lowest BCUT2D eigenvalue weighted by molar-refractivity contribution is -0.120. The van der Waals surface area contributed by atoms with E-state index in [-0.39, 0.29) is 11.2 Å². The third kappa shape index (κ3) is 2.47. The molecule has 1 unspecified atom stereocenters. The normalized spacial score (nSPS) is 12.6. The summed E-state index contributed by atoms with van der Waals surface area (Å²) in [6.45, 7) is 3.97. The predicted molar refractivity (Wildman–Crippen MR) is 56.0 cm³/mol. The minimum absolute atomic E-state index is 0.103. The van der Waals surface area contributed by atoms with Gasteiger partial charge in [-0.15, -0.1) is 10.2 Å². The molecule has 0 saturated heterocycles. The number of rotatable bonds is 3. The van der Waals surface area contributed by atoms with E-state index in [1.54, 1.807) is 6.92 Å². The van der Waals surface area contributed by atoms with Gasteiger partial charge in [0, 0.05) is 7.05 Å². The molecule has 0 aromatic carbocycles. The fourth-order valence-corrected chi connectivity index (χ4v) is 1.01. The van der Waals surface area contributed by atoms with Crippen molar-refractivity contribution in [1.82, 2.24) is 20.1 Å². The highest BCUT2D eigenvalue weighted by molar-refractivity contribution is 7.81. The molecule has 1 rings (SSSR count). The average Bonchev–Trinajstić information content (AvgIpc) is 2.44. The zero-order chi connectivity index (χ0) is 10.7. The van der Waals surface area contributed by atoms with Crippen molar-refractivity contribution in [3.8, 4) is 0 Å². The maximum absolute atomic E-state index is 11.2. The van der Waals surface area contributed by atoms with Crippen molar-refractivity contribution in [2.24, 2.45) is 7.05 Å². The van der Waals surface area contributed by atoms with Crippen LogP contribution < -0.4 is 5.32 Å². The summed E-state index contributed by atoms with van der Waals surface area (Å²) < 4.78 is 1.84. The van der Waals surface area contributed by atoms with Crippen molar-refractivity contribution in [3.05, 3.63) is 11.6 Å². The van der Waals surface area contributed by atoms with Crippen LogP contribution in [0.4, 0.5) is 0 Å². The highest BCUT2D eigenvalue weighted by Gasteiger charge is 2.09. The van der Waals surface area contributed by atoms with Crippen LogP contribution in [-0.4, -0.2) is 25.9 Å². The lowest BCUT2D eigenvalue weighted by atomic mass is 10.4. The monoisotopic (exact) mass is 214 g/mol. The topological polar surface area (TPSA) is 59.8 Å². The average molecular weight is 214 g/mol. The molecule has 1 aromatic rings. The Hall–Kier alpha value is -1.04. The SMILES string of the molecule is Cc1nnc(CNC(=O)C(C)S)n1C. The fraction of sp³-hybridized carbons (Fsp3) is 0.625. The summed E-state index contributed by atoms with van der Waals surface area (Å²) in [6, 6.07) is 0. The van der Waals surface area contributed by atoms with Gasteiger partial charge in [0.1, 0.15) is 5.82 Å². The second-order valence-corrected chi connectivity index (χ2v) is 3.89. The van der Waals surface area contributed by atoms with Gasteiger partial charge in [0.2, 0.25) is 5.91 Å². The summed E-state index contributed by atoms with van der Waals surface area (Å²) in [4.78, 5) is 11.2. The molecule has 0 aliphatic heterocycles. The number of carbonyl (C=O) groups is 1. The zero-order valence-electron chi connectivity index (χ0n) is 8.48. The quantitative estimate of drug-likeness (QED) is 0.699. The molecule has 0 fully saturated rings. The molecule has 1 amide bonds. The zero-order valence-corrected chi connectivity index (χ0v) is 9.38. The van der Waals surface area contributed by atoms with Crippen molar-refractivity contribution in [2.45, 2.75) is 25.6 Å². The Kier molecular flexibility index (Phi) is 3.51. The van der Waals surface area contributed by atoms with Crippen molar-refractivity contribution in [2.75, 3.05) is 0 Å². The second kappa shape index (κ2) is 4.45. The number of amides is 1. The summed E-state index contributed by atoms with van der Waals surface area (Å²) in [5.74, 6) is 1.46. The molecular weight excluding hydrogens is 200 g/mol. The highest BCUT2D eigenvalue weighted by atomic mass is 32.1. The Bertz CT molecular complexity index is 334. The van der Waals surface area contributed by atoms with Crippen LogP contribution in [0.3, 0.4) is 0 Å². The molecule has 1 N–H and O–H groups in total. The van der Waals surface area contributed by atoms with Gasteiger partial charge in [-0.3, -0.25) is 4.79 Å². The van der Waals surface area contributed by atoms with E-state index in [0.717, 1.165) is 11.6 Å². The second-order valence-electron chi connectivity index (χ2n) is 3.12. The van der Waals surface area contributed by atoms with Crippen LogP contribution in [0.5, 0.6) is 0 Å². The number of carbonyl (C=O) groups excluding carboxylic acids is 1. The molecule has 14 heavy (non-hydrogen) atoms. The minimum atomic E-state index is -0.302. The number of nitrogens with one attached hydrogen (secondary N) is 1.